The van der Waals surface area contributed by atoms with E-state index in [0.29, 0.717) is 19.5 Å². The number of nitrogens with zero attached hydrogens (tertiary/aromatic N) is 1. The van der Waals surface area contributed by atoms with Crippen molar-refractivity contribution in [3.05, 3.63) is 0 Å². The van der Waals surface area contributed by atoms with Gasteiger partial charge in [-0.3, -0.25) is 4.79 Å². The molecule has 2 amide bonds. The van der Waals surface area contributed by atoms with Crippen LogP contribution in [0.2, 0.25) is 0 Å². The lowest BCUT2D eigenvalue weighted by Gasteiger charge is -2.20. The number of rotatable bonds is 5. The predicted octanol–water partition coefficient (Wildman–Crippen LogP) is 0.918. The zero-order valence-electron chi connectivity index (χ0n) is 11.2. The molecule has 1 rings (SSSR count). The molecule has 0 bridgehead atoms. The maximum Gasteiger partial charge on any atom is 0.317 e. The Hall–Kier alpha value is -1.30. The first-order chi connectivity index (χ1) is 8.39. The molecule has 2 atom stereocenters. The maximum atomic E-state index is 11.8. The lowest BCUT2D eigenvalue weighted by atomic mass is 9.90. The van der Waals surface area contributed by atoms with E-state index < -0.39 is 11.4 Å². The number of likely N-dealkylation sites (tertiary alicyclic amines) is 1. The number of ether oxygens (including phenoxy) is 1. The summed E-state index contributed by atoms with van der Waals surface area (Å²) in [5.41, 5.74) is -0.808. The van der Waals surface area contributed by atoms with E-state index in [0.717, 1.165) is 6.42 Å². The molecule has 2 unspecified atom stereocenters. The van der Waals surface area contributed by atoms with Crippen LogP contribution in [0, 0.1) is 5.41 Å². The summed E-state index contributed by atoms with van der Waals surface area (Å²) in [7, 11) is 1.63. The second-order valence-electron chi connectivity index (χ2n) is 5.10. The summed E-state index contributed by atoms with van der Waals surface area (Å²) in [5, 5.41) is 11.9. The van der Waals surface area contributed by atoms with Crippen molar-refractivity contribution in [2.45, 2.75) is 32.8 Å². The second kappa shape index (κ2) is 6.04. The van der Waals surface area contributed by atoms with Crippen LogP contribution in [0.25, 0.3) is 0 Å². The molecule has 6 heteroatoms. The summed E-state index contributed by atoms with van der Waals surface area (Å²) in [6.07, 6.45) is 1.35. The number of aliphatic carboxylic acids is 1. The third-order valence-electron chi connectivity index (χ3n) is 3.51. The highest BCUT2D eigenvalue weighted by molar-refractivity contribution is 5.79. The van der Waals surface area contributed by atoms with Crippen molar-refractivity contribution in [2.75, 3.05) is 26.7 Å². The van der Waals surface area contributed by atoms with Crippen LogP contribution < -0.4 is 5.32 Å². The van der Waals surface area contributed by atoms with Crippen molar-refractivity contribution in [1.82, 2.24) is 10.2 Å². The Balaban J connectivity index is 2.34. The van der Waals surface area contributed by atoms with Gasteiger partial charge in [0.2, 0.25) is 0 Å². The number of carboxylic acids is 1. The van der Waals surface area contributed by atoms with Crippen molar-refractivity contribution in [3.63, 3.8) is 0 Å². The van der Waals surface area contributed by atoms with Crippen LogP contribution in [0.1, 0.15) is 26.7 Å². The molecule has 1 aliphatic rings. The molecule has 18 heavy (non-hydrogen) atoms. The van der Waals surface area contributed by atoms with E-state index in [1.165, 1.54) is 0 Å². The van der Waals surface area contributed by atoms with Crippen LogP contribution in [-0.2, 0) is 9.53 Å². The molecule has 0 aromatic heterocycles. The van der Waals surface area contributed by atoms with Gasteiger partial charge in [-0.15, -0.1) is 0 Å². The van der Waals surface area contributed by atoms with Gasteiger partial charge in [0.1, 0.15) is 0 Å². The van der Waals surface area contributed by atoms with Crippen LogP contribution >= 0.6 is 0 Å². The molecule has 0 aromatic carbocycles. The summed E-state index contributed by atoms with van der Waals surface area (Å²) >= 11 is 0. The van der Waals surface area contributed by atoms with Crippen molar-refractivity contribution >= 4 is 12.0 Å². The lowest BCUT2D eigenvalue weighted by Crippen LogP contribution is -2.41. The maximum absolute atomic E-state index is 11.8. The van der Waals surface area contributed by atoms with E-state index in [4.69, 9.17) is 9.84 Å². The molecule has 1 saturated heterocycles. The summed E-state index contributed by atoms with van der Waals surface area (Å²) in [6, 6.07) is -0.191. The second-order valence-corrected chi connectivity index (χ2v) is 5.10. The fraction of sp³-hybridized carbons (Fsp3) is 0.833. The Bertz CT molecular complexity index is 321. The Labute approximate surface area is 107 Å². The predicted molar refractivity (Wildman–Crippen MR) is 66.4 cm³/mol. The first kappa shape index (κ1) is 14.8. The highest BCUT2D eigenvalue weighted by Gasteiger charge is 2.42. The fourth-order valence-electron chi connectivity index (χ4n) is 1.92. The number of carbonyl (C=O) groups excluding carboxylic acids is 1. The standard InChI is InChI=1S/C12H22N2O4/c1-9(18-3)4-6-13-11(17)14-7-5-12(2,8-14)10(15)16/h9H,4-8H2,1-3H3,(H,13,17)(H,15,16). The van der Waals surface area contributed by atoms with Crippen molar-refractivity contribution < 1.29 is 19.4 Å². The summed E-state index contributed by atoms with van der Waals surface area (Å²) in [4.78, 5) is 24.4. The molecule has 2 N–H and O–H groups in total. The Kier molecular flexibility index (Phi) is 4.95. The van der Waals surface area contributed by atoms with E-state index >= 15 is 0 Å². The Morgan fingerprint density at radius 1 is 1.56 bits per heavy atom. The van der Waals surface area contributed by atoms with Gasteiger partial charge in [0, 0.05) is 26.7 Å². The minimum absolute atomic E-state index is 0.105. The van der Waals surface area contributed by atoms with Crippen LogP contribution in [0.5, 0.6) is 0 Å². The SMILES string of the molecule is COC(C)CCNC(=O)N1CCC(C)(C(=O)O)C1. The summed E-state index contributed by atoms with van der Waals surface area (Å²) in [5.74, 6) is -0.842. The third-order valence-corrected chi connectivity index (χ3v) is 3.51. The minimum atomic E-state index is -0.842. The van der Waals surface area contributed by atoms with Crippen LogP contribution in [0.4, 0.5) is 4.79 Å². The number of urea groups is 1. The molecule has 1 aliphatic heterocycles. The zero-order valence-corrected chi connectivity index (χ0v) is 11.2. The summed E-state index contributed by atoms with van der Waals surface area (Å²) in [6.45, 7) is 4.91. The van der Waals surface area contributed by atoms with Crippen LogP contribution in [-0.4, -0.2) is 54.9 Å². The fourth-order valence-corrected chi connectivity index (χ4v) is 1.92. The van der Waals surface area contributed by atoms with E-state index in [1.54, 1.807) is 18.9 Å². The molecule has 104 valence electrons. The molecule has 0 spiro atoms. The molecule has 0 radical (unpaired) electrons. The largest absolute Gasteiger partial charge is 0.481 e. The number of amides is 2. The number of nitrogens with one attached hydrogen (secondary N) is 1. The van der Waals surface area contributed by atoms with Crippen molar-refractivity contribution in [2.24, 2.45) is 5.41 Å². The lowest BCUT2D eigenvalue weighted by molar-refractivity contribution is -0.146. The monoisotopic (exact) mass is 258 g/mol. The van der Waals surface area contributed by atoms with Gasteiger partial charge in [0.25, 0.3) is 0 Å². The quantitative estimate of drug-likeness (QED) is 0.768. The van der Waals surface area contributed by atoms with Gasteiger partial charge < -0.3 is 20.1 Å². The van der Waals surface area contributed by atoms with Gasteiger partial charge in [-0.2, -0.15) is 0 Å². The van der Waals surface area contributed by atoms with Crippen molar-refractivity contribution in [1.29, 1.82) is 0 Å². The first-order valence-electron chi connectivity index (χ1n) is 6.18. The van der Waals surface area contributed by atoms with Crippen LogP contribution in [0.15, 0.2) is 0 Å². The minimum Gasteiger partial charge on any atom is -0.481 e. The molecule has 6 nitrogen and oxygen atoms in total. The highest BCUT2D eigenvalue weighted by atomic mass is 16.5. The number of carboxylic acid groups (broad SMARTS) is 1. The van der Waals surface area contributed by atoms with Crippen LogP contribution in [0.3, 0.4) is 0 Å². The Morgan fingerprint density at radius 2 is 2.22 bits per heavy atom. The smallest absolute Gasteiger partial charge is 0.317 e. The molecule has 0 aliphatic carbocycles. The van der Waals surface area contributed by atoms with Gasteiger partial charge in [0.15, 0.2) is 0 Å². The third kappa shape index (κ3) is 3.60. The van der Waals surface area contributed by atoms with Gasteiger partial charge >= 0.3 is 12.0 Å². The first-order valence-corrected chi connectivity index (χ1v) is 6.18. The van der Waals surface area contributed by atoms with E-state index in [2.05, 4.69) is 5.32 Å². The number of carbonyl (C=O) groups is 2. The van der Waals surface area contributed by atoms with Crippen molar-refractivity contribution in [3.8, 4) is 0 Å². The normalized spacial score (nSPS) is 24.9. The average molecular weight is 258 g/mol. The number of hydrogen-bond donors (Lipinski definition) is 2. The average Bonchev–Trinajstić information content (AvgIpc) is 2.73. The molecule has 1 fully saturated rings. The van der Waals surface area contributed by atoms with Gasteiger partial charge in [-0.05, 0) is 26.7 Å². The molecule has 0 aromatic rings. The van der Waals surface area contributed by atoms with Gasteiger partial charge in [-0.25, -0.2) is 4.79 Å². The van der Waals surface area contributed by atoms with E-state index in [-0.39, 0.29) is 18.7 Å². The zero-order chi connectivity index (χ0) is 13.8. The summed E-state index contributed by atoms with van der Waals surface area (Å²) < 4.78 is 5.08. The number of methoxy groups -OCH3 is 1. The Morgan fingerprint density at radius 3 is 2.72 bits per heavy atom. The van der Waals surface area contributed by atoms with Gasteiger partial charge in [-0.1, -0.05) is 0 Å². The molecular weight excluding hydrogens is 236 g/mol. The van der Waals surface area contributed by atoms with E-state index in [1.807, 2.05) is 6.92 Å². The highest BCUT2D eigenvalue weighted by Crippen LogP contribution is 2.29. The number of hydrogen-bond acceptors (Lipinski definition) is 3. The molecule has 1 heterocycles. The topological polar surface area (TPSA) is 78.9 Å². The van der Waals surface area contributed by atoms with Gasteiger partial charge in [0.05, 0.1) is 11.5 Å². The molecule has 0 saturated carbocycles. The molecular formula is C12H22N2O4. The van der Waals surface area contributed by atoms with E-state index in [9.17, 15) is 9.59 Å².